The third kappa shape index (κ3) is 5.07. The van der Waals surface area contributed by atoms with E-state index in [-0.39, 0.29) is 0 Å². The van der Waals surface area contributed by atoms with Crippen molar-refractivity contribution < 1.29 is 14.3 Å². The number of nitrogens with zero attached hydrogens (tertiary/aromatic N) is 1. The molecule has 0 radical (unpaired) electrons. The second-order valence-electron chi connectivity index (χ2n) is 4.67. The molecule has 1 saturated heterocycles. The lowest BCUT2D eigenvalue weighted by molar-refractivity contribution is 0.0358. The van der Waals surface area contributed by atoms with Crippen LogP contribution in [0.2, 0.25) is 0 Å². The van der Waals surface area contributed by atoms with E-state index in [2.05, 4.69) is 10.2 Å². The maximum atomic E-state index is 10.8. The van der Waals surface area contributed by atoms with Crippen molar-refractivity contribution >= 4 is 11.7 Å². The zero-order valence-corrected chi connectivity index (χ0v) is 11.5. The molecule has 20 heavy (non-hydrogen) atoms. The fourth-order valence-corrected chi connectivity index (χ4v) is 2.11. The molecule has 1 aromatic carbocycles. The van der Waals surface area contributed by atoms with Gasteiger partial charge in [-0.3, -0.25) is 4.90 Å². The summed E-state index contributed by atoms with van der Waals surface area (Å²) in [4.78, 5) is 13.1. The van der Waals surface area contributed by atoms with Crippen molar-refractivity contribution in [1.29, 1.82) is 0 Å². The maximum absolute atomic E-state index is 10.8. The maximum Gasteiger partial charge on any atom is 0.316 e. The predicted octanol–water partition coefficient (Wildman–Crippen LogP) is 1.28. The van der Waals surface area contributed by atoms with E-state index in [1.165, 1.54) is 0 Å². The molecule has 1 heterocycles. The van der Waals surface area contributed by atoms with Gasteiger partial charge in [-0.25, -0.2) is 4.79 Å². The van der Waals surface area contributed by atoms with E-state index in [1.807, 2.05) is 12.1 Å². The van der Waals surface area contributed by atoms with Gasteiger partial charge < -0.3 is 20.5 Å². The van der Waals surface area contributed by atoms with Crippen LogP contribution in [0.3, 0.4) is 0 Å². The molecule has 0 aliphatic carbocycles. The van der Waals surface area contributed by atoms with Crippen molar-refractivity contribution in [3.05, 3.63) is 24.3 Å². The van der Waals surface area contributed by atoms with Crippen LogP contribution in [0.15, 0.2) is 24.3 Å². The van der Waals surface area contributed by atoms with Crippen molar-refractivity contribution in [3.63, 3.8) is 0 Å². The minimum atomic E-state index is -0.575. The predicted molar refractivity (Wildman–Crippen MR) is 77.0 cm³/mol. The number of ether oxygens (including phenoxy) is 2. The Morgan fingerprint density at radius 1 is 1.40 bits per heavy atom. The van der Waals surface area contributed by atoms with E-state index < -0.39 is 6.03 Å². The molecule has 3 N–H and O–H groups in total. The summed E-state index contributed by atoms with van der Waals surface area (Å²) in [6.07, 6.45) is 0.966. The lowest BCUT2D eigenvalue weighted by Crippen LogP contribution is -2.37. The van der Waals surface area contributed by atoms with Crippen LogP contribution in [-0.4, -0.2) is 50.4 Å². The van der Waals surface area contributed by atoms with Gasteiger partial charge in [-0.15, -0.1) is 0 Å². The van der Waals surface area contributed by atoms with Crippen molar-refractivity contribution in [2.45, 2.75) is 6.42 Å². The number of anilines is 1. The van der Waals surface area contributed by atoms with E-state index in [1.54, 1.807) is 12.1 Å². The Morgan fingerprint density at radius 3 is 2.95 bits per heavy atom. The van der Waals surface area contributed by atoms with Gasteiger partial charge in [0, 0.05) is 31.4 Å². The number of benzene rings is 1. The molecular formula is C14H21N3O3. The molecule has 0 atom stereocenters. The molecule has 110 valence electrons. The molecule has 0 unspecified atom stereocenters. The molecule has 6 nitrogen and oxygen atoms in total. The van der Waals surface area contributed by atoms with Gasteiger partial charge >= 0.3 is 6.03 Å². The Balaban J connectivity index is 1.69. The van der Waals surface area contributed by atoms with Crippen LogP contribution in [0, 0.1) is 0 Å². The van der Waals surface area contributed by atoms with E-state index >= 15 is 0 Å². The number of morpholine rings is 1. The highest BCUT2D eigenvalue weighted by atomic mass is 16.5. The number of carbonyl (C=O) groups excluding carboxylic acids is 1. The lowest BCUT2D eigenvalue weighted by Gasteiger charge is -2.26. The number of primary amides is 1. The quantitative estimate of drug-likeness (QED) is 0.769. The highest BCUT2D eigenvalue weighted by molar-refractivity contribution is 5.87. The van der Waals surface area contributed by atoms with Crippen LogP contribution in [0.5, 0.6) is 5.75 Å². The van der Waals surface area contributed by atoms with Crippen LogP contribution in [0.1, 0.15) is 6.42 Å². The first-order valence-corrected chi connectivity index (χ1v) is 6.83. The van der Waals surface area contributed by atoms with E-state index in [4.69, 9.17) is 15.2 Å². The number of urea groups is 1. The number of amides is 2. The zero-order valence-electron chi connectivity index (χ0n) is 11.5. The molecule has 0 bridgehead atoms. The smallest absolute Gasteiger partial charge is 0.316 e. The third-order valence-electron chi connectivity index (χ3n) is 3.09. The molecule has 1 aliphatic rings. The number of nitrogens with one attached hydrogen (secondary N) is 1. The standard InChI is InChI=1S/C14H21N3O3/c15-14(18)16-12-3-1-4-13(11-12)20-8-2-5-17-6-9-19-10-7-17/h1,3-4,11H,2,5-10H2,(H3,15,16,18). The Morgan fingerprint density at radius 2 is 2.20 bits per heavy atom. The van der Waals surface area contributed by atoms with Gasteiger partial charge in [0.25, 0.3) is 0 Å². The molecule has 2 rings (SSSR count). The van der Waals surface area contributed by atoms with Crippen LogP contribution in [0.4, 0.5) is 10.5 Å². The summed E-state index contributed by atoms with van der Waals surface area (Å²) in [7, 11) is 0. The van der Waals surface area contributed by atoms with Crippen molar-refractivity contribution in [2.75, 3.05) is 44.8 Å². The zero-order chi connectivity index (χ0) is 14.2. The highest BCUT2D eigenvalue weighted by Gasteiger charge is 2.09. The average Bonchev–Trinajstić information content (AvgIpc) is 2.44. The summed E-state index contributed by atoms with van der Waals surface area (Å²) in [5, 5.41) is 2.52. The third-order valence-corrected chi connectivity index (χ3v) is 3.09. The fourth-order valence-electron chi connectivity index (χ4n) is 2.11. The average molecular weight is 279 g/mol. The highest BCUT2D eigenvalue weighted by Crippen LogP contribution is 2.17. The van der Waals surface area contributed by atoms with Crippen LogP contribution in [0.25, 0.3) is 0 Å². The van der Waals surface area contributed by atoms with E-state index in [0.29, 0.717) is 12.3 Å². The molecule has 1 aromatic rings. The molecule has 0 spiro atoms. The molecule has 6 heteroatoms. The van der Waals surface area contributed by atoms with Gasteiger partial charge in [0.2, 0.25) is 0 Å². The van der Waals surface area contributed by atoms with Gasteiger partial charge in [0.15, 0.2) is 0 Å². The molecule has 0 saturated carbocycles. The summed E-state index contributed by atoms with van der Waals surface area (Å²) in [5.41, 5.74) is 5.71. The largest absolute Gasteiger partial charge is 0.493 e. The molecular weight excluding hydrogens is 258 g/mol. The summed E-state index contributed by atoms with van der Waals surface area (Å²) >= 11 is 0. The van der Waals surface area contributed by atoms with E-state index in [0.717, 1.165) is 45.0 Å². The first-order valence-electron chi connectivity index (χ1n) is 6.83. The SMILES string of the molecule is NC(=O)Nc1cccc(OCCCN2CCOCC2)c1. The van der Waals surface area contributed by atoms with Gasteiger partial charge in [-0.1, -0.05) is 6.07 Å². The topological polar surface area (TPSA) is 76.8 Å². The monoisotopic (exact) mass is 279 g/mol. The number of hydrogen-bond acceptors (Lipinski definition) is 4. The summed E-state index contributed by atoms with van der Waals surface area (Å²) in [6, 6.07) is 6.64. The number of hydrogen-bond donors (Lipinski definition) is 2. The normalized spacial score (nSPS) is 15.8. The summed E-state index contributed by atoms with van der Waals surface area (Å²) in [5.74, 6) is 0.734. The molecule has 1 fully saturated rings. The van der Waals surface area contributed by atoms with Crippen molar-refractivity contribution in [2.24, 2.45) is 5.73 Å². The molecule has 1 aliphatic heterocycles. The Bertz CT molecular complexity index is 433. The first-order chi connectivity index (χ1) is 9.74. The second kappa shape index (κ2) is 7.72. The molecule has 2 amide bonds. The summed E-state index contributed by atoms with van der Waals surface area (Å²) < 4.78 is 11.0. The lowest BCUT2D eigenvalue weighted by atomic mass is 10.3. The minimum Gasteiger partial charge on any atom is -0.493 e. The van der Waals surface area contributed by atoms with Gasteiger partial charge in [0.1, 0.15) is 5.75 Å². The van der Waals surface area contributed by atoms with Crippen LogP contribution < -0.4 is 15.8 Å². The van der Waals surface area contributed by atoms with Crippen LogP contribution >= 0.6 is 0 Å². The number of nitrogens with two attached hydrogens (primary N) is 1. The van der Waals surface area contributed by atoms with Crippen LogP contribution in [-0.2, 0) is 4.74 Å². The summed E-state index contributed by atoms with van der Waals surface area (Å²) in [6.45, 7) is 5.30. The number of carbonyl (C=O) groups is 1. The fraction of sp³-hybridized carbons (Fsp3) is 0.500. The molecule has 0 aromatic heterocycles. The van der Waals surface area contributed by atoms with E-state index in [9.17, 15) is 4.79 Å². The minimum absolute atomic E-state index is 0.575. The Kier molecular flexibility index (Phi) is 5.64. The van der Waals surface area contributed by atoms with Crippen molar-refractivity contribution in [3.8, 4) is 5.75 Å². The van der Waals surface area contributed by atoms with Gasteiger partial charge in [-0.05, 0) is 18.6 Å². The van der Waals surface area contributed by atoms with Gasteiger partial charge in [0.05, 0.1) is 19.8 Å². The Hall–Kier alpha value is -1.79. The Labute approximate surface area is 118 Å². The number of rotatable bonds is 6. The first kappa shape index (κ1) is 14.6. The van der Waals surface area contributed by atoms with Crippen molar-refractivity contribution in [1.82, 2.24) is 4.90 Å². The van der Waals surface area contributed by atoms with Gasteiger partial charge in [-0.2, -0.15) is 0 Å². The second-order valence-corrected chi connectivity index (χ2v) is 4.67.